The molecule has 0 spiro atoms. The summed E-state index contributed by atoms with van der Waals surface area (Å²) in [6.45, 7) is 3.72. The fourth-order valence-electron chi connectivity index (χ4n) is 2.32. The number of carboxylic acids is 1. The first kappa shape index (κ1) is 12.4. The summed E-state index contributed by atoms with van der Waals surface area (Å²) in [5, 5.41) is 12.0. The summed E-state index contributed by atoms with van der Waals surface area (Å²) in [4.78, 5) is 24.6. The molecule has 2 N–H and O–H groups in total. The number of carboxylic acid groups (broad SMARTS) is 1. The van der Waals surface area contributed by atoms with Crippen molar-refractivity contribution in [3.8, 4) is 0 Å². The monoisotopic (exact) mass is 248 g/mol. The standard InChI is InChI=1S/C13H16N2O3/c1-13(2,7-12(17)18)15-10-6-4-3-5-9(10)14-8-11(15)16/h3-6,14H,7-8H2,1-2H3,(H,17,18). The number of hydrogen-bond donors (Lipinski definition) is 2. The Kier molecular flexibility index (Phi) is 2.98. The van der Waals surface area contributed by atoms with Gasteiger partial charge in [0.05, 0.1) is 29.9 Å². The molecule has 0 bridgehead atoms. The minimum absolute atomic E-state index is 0.0902. The van der Waals surface area contributed by atoms with Gasteiger partial charge in [0.2, 0.25) is 5.91 Å². The number of nitrogens with zero attached hydrogens (tertiary/aromatic N) is 1. The predicted molar refractivity (Wildman–Crippen MR) is 68.7 cm³/mol. The molecule has 0 unspecified atom stereocenters. The first-order valence-electron chi connectivity index (χ1n) is 5.79. The highest BCUT2D eigenvalue weighted by Gasteiger charge is 2.37. The molecule has 0 saturated carbocycles. The summed E-state index contributed by atoms with van der Waals surface area (Å²) in [5.74, 6) is -1.02. The molecule has 1 amide bonds. The van der Waals surface area contributed by atoms with Crippen molar-refractivity contribution in [2.24, 2.45) is 0 Å². The Morgan fingerprint density at radius 2 is 2.11 bits per heavy atom. The number of nitrogens with one attached hydrogen (secondary N) is 1. The van der Waals surface area contributed by atoms with E-state index in [0.29, 0.717) is 0 Å². The summed E-state index contributed by atoms with van der Waals surface area (Å²) in [6.07, 6.45) is -0.0902. The van der Waals surface area contributed by atoms with Gasteiger partial charge in [0, 0.05) is 0 Å². The number of rotatable bonds is 3. The third-order valence-corrected chi connectivity index (χ3v) is 3.01. The van der Waals surface area contributed by atoms with Crippen molar-refractivity contribution in [1.82, 2.24) is 0 Å². The summed E-state index contributed by atoms with van der Waals surface area (Å²) in [7, 11) is 0. The van der Waals surface area contributed by atoms with E-state index >= 15 is 0 Å². The number of hydrogen-bond acceptors (Lipinski definition) is 3. The normalized spacial score (nSPS) is 15.0. The zero-order chi connectivity index (χ0) is 13.3. The van der Waals surface area contributed by atoms with E-state index in [9.17, 15) is 9.59 Å². The molecule has 0 aromatic heterocycles. The number of amides is 1. The highest BCUT2D eigenvalue weighted by molar-refractivity contribution is 6.04. The van der Waals surface area contributed by atoms with E-state index in [0.717, 1.165) is 11.4 Å². The molecular weight excluding hydrogens is 232 g/mol. The van der Waals surface area contributed by atoms with Crippen LogP contribution in [-0.4, -0.2) is 29.1 Å². The lowest BCUT2D eigenvalue weighted by molar-refractivity contribution is -0.138. The number of anilines is 2. The Bertz CT molecular complexity index is 497. The van der Waals surface area contributed by atoms with E-state index in [1.165, 1.54) is 0 Å². The fraction of sp³-hybridized carbons (Fsp3) is 0.385. The van der Waals surface area contributed by atoms with Crippen LogP contribution in [0.4, 0.5) is 11.4 Å². The van der Waals surface area contributed by atoms with Crippen molar-refractivity contribution in [3.05, 3.63) is 24.3 Å². The molecule has 1 aromatic carbocycles. The van der Waals surface area contributed by atoms with Crippen LogP contribution in [0.15, 0.2) is 24.3 Å². The van der Waals surface area contributed by atoms with Crippen LogP contribution in [-0.2, 0) is 9.59 Å². The summed E-state index contributed by atoms with van der Waals surface area (Å²) >= 11 is 0. The predicted octanol–water partition coefficient (Wildman–Crippen LogP) is 1.70. The number of benzene rings is 1. The average molecular weight is 248 g/mol. The Balaban J connectivity index is 2.43. The Labute approximate surface area is 105 Å². The molecule has 18 heavy (non-hydrogen) atoms. The van der Waals surface area contributed by atoms with Crippen molar-refractivity contribution in [2.75, 3.05) is 16.8 Å². The quantitative estimate of drug-likeness (QED) is 0.854. The minimum Gasteiger partial charge on any atom is -0.481 e. The first-order valence-corrected chi connectivity index (χ1v) is 5.79. The third-order valence-electron chi connectivity index (χ3n) is 3.01. The van der Waals surface area contributed by atoms with E-state index in [-0.39, 0.29) is 18.9 Å². The number of carbonyl (C=O) groups excluding carboxylic acids is 1. The fourth-order valence-corrected chi connectivity index (χ4v) is 2.32. The molecule has 5 nitrogen and oxygen atoms in total. The molecule has 1 aromatic rings. The molecule has 5 heteroatoms. The molecule has 0 aliphatic carbocycles. The molecular formula is C13H16N2O3. The van der Waals surface area contributed by atoms with Gasteiger partial charge in [0.25, 0.3) is 0 Å². The van der Waals surface area contributed by atoms with Gasteiger partial charge in [-0.1, -0.05) is 12.1 Å². The molecule has 96 valence electrons. The van der Waals surface area contributed by atoms with E-state index in [1.54, 1.807) is 18.7 Å². The van der Waals surface area contributed by atoms with Crippen LogP contribution in [0.3, 0.4) is 0 Å². The van der Waals surface area contributed by atoms with E-state index in [1.807, 2.05) is 24.3 Å². The average Bonchev–Trinajstić information content (AvgIpc) is 2.26. The Morgan fingerprint density at radius 1 is 1.44 bits per heavy atom. The lowest BCUT2D eigenvalue weighted by Crippen LogP contribution is -2.53. The van der Waals surface area contributed by atoms with Gasteiger partial charge in [-0.05, 0) is 26.0 Å². The third kappa shape index (κ3) is 2.16. The van der Waals surface area contributed by atoms with Crippen molar-refractivity contribution in [1.29, 1.82) is 0 Å². The van der Waals surface area contributed by atoms with Crippen molar-refractivity contribution in [3.63, 3.8) is 0 Å². The number of fused-ring (bicyclic) bond motifs is 1. The zero-order valence-corrected chi connectivity index (χ0v) is 10.4. The highest BCUT2D eigenvalue weighted by Crippen LogP contribution is 2.35. The SMILES string of the molecule is CC(C)(CC(=O)O)N1C(=O)CNc2ccccc21. The van der Waals surface area contributed by atoms with Crippen LogP contribution in [0.5, 0.6) is 0 Å². The minimum atomic E-state index is -0.913. The van der Waals surface area contributed by atoms with E-state index in [4.69, 9.17) is 5.11 Å². The van der Waals surface area contributed by atoms with Crippen LogP contribution in [0.1, 0.15) is 20.3 Å². The first-order chi connectivity index (χ1) is 8.42. The summed E-state index contributed by atoms with van der Waals surface area (Å²) in [5.41, 5.74) is 0.844. The number of carbonyl (C=O) groups is 2. The molecule has 1 aliphatic heterocycles. The van der Waals surface area contributed by atoms with Crippen LogP contribution in [0, 0.1) is 0 Å². The smallest absolute Gasteiger partial charge is 0.305 e. The number of para-hydroxylation sites is 2. The molecule has 1 heterocycles. The lowest BCUT2D eigenvalue weighted by atomic mass is 9.95. The van der Waals surface area contributed by atoms with Crippen molar-refractivity contribution in [2.45, 2.75) is 25.8 Å². The van der Waals surface area contributed by atoms with E-state index < -0.39 is 11.5 Å². The zero-order valence-electron chi connectivity index (χ0n) is 10.4. The van der Waals surface area contributed by atoms with Gasteiger partial charge in [-0.25, -0.2) is 0 Å². The van der Waals surface area contributed by atoms with E-state index in [2.05, 4.69) is 5.32 Å². The van der Waals surface area contributed by atoms with Crippen molar-refractivity contribution < 1.29 is 14.7 Å². The van der Waals surface area contributed by atoms with Gasteiger partial charge in [0.15, 0.2) is 0 Å². The maximum absolute atomic E-state index is 12.1. The van der Waals surface area contributed by atoms with Gasteiger partial charge in [-0.2, -0.15) is 0 Å². The van der Waals surface area contributed by atoms with Gasteiger partial charge in [-0.3, -0.25) is 9.59 Å². The maximum Gasteiger partial charge on any atom is 0.305 e. The van der Waals surface area contributed by atoms with Crippen LogP contribution >= 0.6 is 0 Å². The molecule has 0 saturated heterocycles. The maximum atomic E-state index is 12.1. The molecule has 0 fully saturated rings. The second-order valence-electron chi connectivity index (χ2n) is 4.98. The lowest BCUT2D eigenvalue weighted by Gasteiger charge is -2.41. The van der Waals surface area contributed by atoms with Crippen LogP contribution in [0.25, 0.3) is 0 Å². The number of aliphatic carboxylic acids is 1. The highest BCUT2D eigenvalue weighted by atomic mass is 16.4. The molecule has 2 rings (SSSR count). The van der Waals surface area contributed by atoms with Crippen LogP contribution < -0.4 is 10.2 Å². The molecule has 1 aliphatic rings. The Hall–Kier alpha value is -2.04. The topological polar surface area (TPSA) is 69.6 Å². The summed E-state index contributed by atoms with van der Waals surface area (Å²) < 4.78 is 0. The summed E-state index contributed by atoms with van der Waals surface area (Å²) in [6, 6.07) is 7.42. The Morgan fingerprint density at radius 3 is 2.78 bits per heavy atom. The second kappa shape index (κ2) is 4.33. The van der Waals surface area contributed by atoms with Gasteiger partial charge < -0.3 is 15.3 Å². The largest absolute Gasteiger partial charge is 0.481 e. The van der Waals surface area contributed by atoms with Crippen molar-refractivity contribution >= 4 is 23.3 Å². The van der Waals surface area contributed by atoms with Gasteiger partial charge in [-0.15, -0.1) is 0 Å². The molecule has 0 radical (unpaired) electrons. The molecule has 0 atom stereocenters. The van der Waals surface area contributed by atoms with Gasteiger partial charge >= 0.3 is 5.97 Å². The van der Waals surface area contributed by atoms with Gasteiger partial charge in [0.1, 0.15) is 0 Å². The second-order valence-corrected chi connectivity index (χ2v) is 4.98. The van der Waals surface area contributed by atoms with Crippen LogP contribution in [0.2, 0.25) is 0 Å².